The molecule has 0 saturated heterocycles. The van der Waals surface area contributed by atoms with Gasteiger partial charge in [0.2, 0.25) is 0 Å². The molecule has 0 amide bonds. The Labute approximate surface area is 135 Å². The van der Waals surface area contributed by atoms with Crippen molar-refractivity contribution in [2.75, 3.05) is 0 Å². The first-order valence-electron chi connectivity index (χ1n) is 7.62. The van der Waals surface area contributed by atoms with Gasteiger partial charge in [0, 0.05) is 0 Å². The van der Waals surface area contributed by atoms with Crippen LogP contribution in [0.25, 0.3) is 0 Å². The van der Waals surface area contributed by atoms with Crippen molar-refractivity contribution in [1.29, 1.82) is 0 Å². The van der Waals surface area contributed by atoms with Gasteiger partial charge in [0.15, 0.2) is 0 Å². The van der Waals surface area contributed by atoms with Crippen molar-refractivity contribution >= 4 is 0 Å². The van der Waals surface area contributed by atoms with Gasteiger partial charge in [-0.05, 0) is 31.6 Å². The standard InChI is InChI=1S/C7H14O.C7H14.C2H5.CH3.Ru/c1-6(8)7-4-2-3-5-7;1-2-7-5-3-4-6-7;1-2;;/h6-8H,2-5H2,1H3;7H,2-6H2,1H3;1H2,2H3;1H3;/q;;2*-1;+2. The van der Waals surface area contributed by atoms with E-state index in [0.29, 0.717) is 5.92 Å². The van der Waals surface area contributed by atoms with E-state index in [1.165, 1.54) is 57.8 Å². The molecule has 0 aliphatic heterocycles. The van der Waals surface area contributed by atoms with Crippen LogP contribution in [0.15, 0.2) is 0 Å². The van der Waals surface area contributed by atoms with Crippen molar-refractivity contribution in [3.63, 3.8) is 0 Å². The number of rotatable bonds is 2. The third kappa shape index (κ3) is 12.1. The zero-order chi connectivity index (χ0) is 13.1. The van der Waals surface area contributed by atoms with Gasteiger partial charge in [-0.25, -0.2) is 0 Å². The van der Waals surface area contributed by atoms with E-state index in [9.17, 15) is 0 Å². The van der Waals surface area contributed by atoms with Crippen molar-refractivity contribution in [1.82, 2.24) is 0 Å². The van der Waals surface area contributed by atoms with Crippen LogP contribution >= 0.6 is 0 Å². The summed E-state index contributed by atoms with van der Waals surface area (Å²) in [5.41, 5.74) is 0. The summed E-state index contributed by atoms with van der Waals surface area (Å²) in [6, 6.07) is 0. The molecular formula is C17H36ORu. The fourth-order valence-electron chi connectivity index (χ4n) is 2.86. The number of aliphatic hydroxyl groups is 1. The zero-order valence-electron chi connectivity index (χ0n) is 13.6. The third-order valence-corrected chi connectivity index (χ3v) is 4.13. The third-order valence-electron chi connectivity index (χ3n) is 4.13. The quantitative estimate of drug-likeness (QED) is 0.516. The Morgan fingerprint density at radius 3 is 1.58 bits per heavy atom. The minimum Gasteiger partial charge on any atom is -0.393 e. The fourth-order valence-corrected chi connectivity index (χ4v) is 2.86. The second kappa shape index (κ2) is 16.6. The van der Waals surface area contributed by atoms with E-state index in [2.05, 4.69) is 13.8 Å². The van der Waals surface area contributed by atoms with Gasteiger partial charge in [-0.1, -0.05) is 51.9 Å². The molecule has 2 rings (SSSR count). The zero-order valence-corrected chi connectivity index (χ0v) is 15.3. The van der Waals surface area contributed by atoms with Gasteiger partial charge >= 0.3 is 19.5 Å². The first-order chi connectivity index (χ1) is 8.24. The van der Waals surface area contributed by atoms with Crippen molar-refractivity contribution in [3.8, 4) is 0 Å². The average molecular weight is 358 g/mol. The maximum atomic E-state index is 9.05. The van der Waals surface area contributed by atoms with Crippen LogP contribution in [0.1, 0.15) is 78.6 Å². The number of hydrogen-bond acceptors (Lipinski definition) is 1. The largest absolute Gasteiger partial charge is 2.00 e. The molecule has 2 saturated carbocycles. The summed E-state index contributed by atoms with van der Waals surface area (Å²) in [5, 5.41) is 9.05. The SMILES string of the molecule is CC(O)C1CCCC1.CCC1CCCC1.[CH2-]C.[CH3-].[Ru+2]. The van der Waals surface area contributed by atoms with E-state index in [1.807, 2.05) is 6.92 Å². The second-order valence-electron chi connectivity index (χ2n) is 5.34. The van der Waals surface area contributed by atoms with Gasteiger partial charge in [-0.2, -0.15) is 6.92 Å². The monoisotopic (exact) mass is 358 g/mol. The van der Waals surface area contributed by atoms with E-state index in [1.54, 1.807) is 6.92 Å². The molecule has 19 heavy (non-hydrogen) atoms. The Morgan fingerprint density at radius 1 is 1.00 bits per heavy atom. The Kier molecular flexibility index (Phi) is 21.5. The minimum absolute atomic E-state index is 0. The Bertz CT molecular complexity index is 147. The van der Waals surface area contributed by atoms with Crippen LogP contribution in [-0.4, -0.2) is 11.2 Å². The maximum Gasteiger partial charge on any atom is 2.00 e. The predicted octanol–water partition coefficient (Wildman–Crippen LogP) is 5.43. The Hall–Kier alpha value is 0.583. The molecule has 2 aliphatic carbocycles. The first kappa shape index (κ1) is 24.6. The summed E-state index contributed by atoms with van der Waals surface area (Å²) in [5.74, 6) is 1.72. The number of hydrogen-bond donors (Lipinski definition) is 1. The molecule has 0 spiro atoms. The van der Waals surface area contributed by atoms with Gasteiger partial charge in [0.05, 0.1) is 6.10 Å². The normalized spacial score (nSPS) is 20.1. The van der Waals surface area contributed by atoms with E-state index in [4.69, 9.17) is 5.11 Å². The summed E-state index contributed by atoms with van der Waals surface area (Å²) in [6.07, 6.45) is 12.5. The van der Waals surface area contributed by atoms with Crippen molar-refractivity contribution in [2.45, 2.75) is 84.7 Å². The topological polar surface area (TPSA) is 20.2 Å². The molecule has 1 nitrogen and oxygen atoms in total. The van der Waals surface area contributed by atoms with E-state index < -0.39 is 0 Å². The molecular weight excluding hydrogens is 321 g/mol. The van der Waals surface area contributed by atoms with Gasteiger partial charge < -0.3 is 19.5 Å². The molecule has 1 N–H and O–H groups in total. The molecule has 2 aliphatic rings. The van der Waals surface area contributed by atoms with Crippen LogP contribution in [0, 0.1) is 26.2 Å². The summed E-state index contributed by atoms with van der Waals surface area (Å²) < 4.78 is 0. The van der Waals surface area contributed by atoms with Crippen molar-refractivity contribution in [2.24, 2.45) is 11.8 Å². The van der Waals surface area contributed by atoms with Crippen LogP contribution in [-0.2, 0) is 19.5 Å². The van der Waals surface area contributed by atoms with E-state index >= 15 is 0 Å². The summed E-state index contributed by atoms with van der Waals surface area (Å²) in [4.78, 5) is 0. The Balaban J connectivity index is -0.000000219. The molecule has 0 aromatic rings. The van der Waals surface area contributed by atoms with Crippen LogP contribution in [0.2, 0.25) is 0 Å². The smallest absolute Gasteiger partial charge is 0.393 e. The second-order valence-corrected chi connectivity index (χ2v) is 5.34. The molecule has 2 fully saturated rings. The first-order valence-corrected chi connectivity index (χ1v) is 7.62. The molecule has 0 heterocycles. The summed E-state index contributed by atoms with van der Waals surface area (Å²) >= 11 is 0. The molecule has 0 bridgehead atoms. The molecule has 118 valence electrons. The minimum atomic E-state index is -0.0579. The van der Waals surface area contributed by atoms with Gasteiger partial charge in [0.25, 0.3) is 0 Å². The van der Waals surface area contributed by atoms with Gasteiger partial charge in [-0.15, -0.1) is 0 Å². The maximum absolute atomic E-state index is 9.05. The van der Waals surface area contributed by atoms with Crippen LogP contribution < -0.4 is 0 Å². The van der Waals surface area contributed by atoms with E-state index in [0.717, 1.165) is 5.92 Å². The Morgan fingerprint density at radius 2 is 1.37 bits per heavy atom. The fraction of sp³-hybridized carbons (Fsp3) is 0.882. The van der Waals surface area contributed by atoms with Crippen LogP contribution in [0.5, 0.6) is 0 Å². The van der Waals surface area contributed by atoms with Gasteiger partial charge in [-0.3, -0.25) is 0 Å². The summed E-state index contributed by atoms with van der Waals surface area (Å²) in [6.45, 7) is 9.20. The van der Waals surface area contributed by atoms with E-state index in [-0.39, 0.29) is 33.0 Å². The predicted molar refractivity (Wildman–Crippen MR) is 83.3 cm³/mol. The van der Waals surface area contributed by atoms with Crippen LogP contribution in [0.4, 0.5) is 0 Å². The average Bonchev–Trinajstić information content (AvgIpc) is 3.05. The molecule has 1 unspecified atom stereocenters. The number of aliphatic hydroxyl groups excluding tert-OH is 1. The van der Waals surface area contributed by atoms with Crippen molar-refractivity contribution < 1.29 is 24.6 Å². The molecule has 2 heteroatoms. The van der Waals surface area contributed by atoms with Crippen LogP contribution in [0.3, 0.4) is 0 Å². The molecule has 0 radical (unpaired) electrons. The van der Waals surface area contributed by atoms with Crippen molar-refractivity contribution in [3.05, 3.63) is 14.4 Å². The molecule has 1 atom stereocenters. The summed E-state index contributed by atoms with van der Waals surface area (Å²) in [7, 11) is 0. The molecule has 0 aromatic carbocycles. The molecule has 0 aromatic heterocycles. The van der Waals surface area contributed by atoms with Gasteiger partial charge in [0.1, 0.15) is 0 Å².